The first-order chi connectivity index (χ1) is 14.9. The van der Waals surface area contributed by atoms with Gasteiger partial charge in [-0.2, -0.15) is 0 Å². The highest BCUT2D eigenvalue weighted by atomic mass is 16.5. The zero-order valence-corrected chi connectivity index (χ0v) is 17.5. The van der Waals surface area contributed by atoms with Gasteiger partial charge in [-0.25, -0.2) is 4.79 Å². The normalized spacial score (nSPS) is 15.2. The van der Waals surface area contributed by atoms with Crippen LogP contribution in [0.1, 0.15) is 30.1 Å². The van der Waals surface area contributed by atoms with Crippen molar-refractivity contribution in [2.75, 3.05) is 25.5 Å². The molecule has 8 heteroatoms. The van der Waals surface area contributed by atoms with Crippen LogP contribution in [-0.2, 0) is 19.1 Å². The second kappa shape index (κ2) is 9.88. The number of amides is 3. The maximum Gasteiger partial charge on any atom is 0.340 e. The summed E-state index contributed by atoms with van der Waals surface area (Å²) in [7, 11) is 1.50. The van der Waals surface area contributed by atoms with Gasteiger partial charge in [0.25, 0.3) is 0 Å². The van der Waals surface area contributed by atoms with E-state index in [1.807, 2.05) is 30.3 Å². The van der Waals surface area contributed by atoms with E-state index >= 15 is 0 Å². The Labute approximate surface area is 180 Å². The molecule has 0 unspecified atom stereocenters. The van der Waals surface area contributed by atoms with E-state index < -0.39 is 17.8 Å². The molecular weight excluding hydrogens is 398 g/mol. The number of esters is 1. The van der Waals surface area contributed by atoms with Crippen molar-refractivity contribution in [2.24, 2.45) is 0 Å². The smallest absolute Gasteiger partial charge is 0.340 e. The number of carbonyl (C=O) groups excluding carboxylic acids is 4. The number of ether oxygens (including phenoxy) is 1. The van der Waals surface area contributed by atoms with E-state index in [9.17, 15) is 19.2 Å². The van der Waals surface area contributed by atoms with Crippen molar-refractivity contribution >= 4 is 29.4 Å². The van der Waals surface area contributed by atoms with Crippen LogP contribution in [0.5, 0.6) is 0 Å². The lowest BCUT2D eigenvalue weighted by molar-refractivity contribution is -0.142. The zero-order chi connectivity index (χ0) is 22.4. The summed E-state index contributed by atoms with van der Waals surface area (Å²) in [4.78, 5) is 50.1. The molecule has 0 aliphatic carbocycles. The molecule has 0 spiro atoms. The molecule has 0 bridgehead atoms. The second-order valence-electron chi connectivity index (χ2n) is 7.29. The van der Waals surface area contributed by atoms with E-state index in [4.69, 9.17) is 4.74 Å². The lowest BCUT2D eigenvalue weighted by atomic mass is 10.0. The average Bonchev–Trinajstić information content (AvgIpc) is 3.18. The Morgan fingerprint density at radius 3 is 2.52 bits per heavy atom. The van der Waals surface area contributed by atoms with Crippen molar-refractivity contribution in [1.82, 2.24) is 10.2 Å². The molecule has 0 saturated carbocycles. The molecule has 1 atom stereocenters. The highest BCUT2D eigenvalue weighted by Gasteiger charge is 2.27. The maximum absolute atomic E-state index is 12.5. The van der Waals surface area contributed by atoms with E-state index in [0.29, 0.717) is 12.8 Å². The number of nitrogens with zero attached hydrogens (tertiary/aromatic N) is 1. The third kappa shape index (κ3) is 5.48. The molecule has 1 heterocycles. The van der Waals surface area contributed by atoms with E-state index in [-0.39, 0.29) is 36.4 Å². The number of nitrogens with one attached hydrogen (secondary N) is 2. The molecule has 1 fully saturated rings. The lowest BCUT2D eigenvalue weighted by Crippen LogP contribution is -2.44. The Bertz CT molecular complexity index is 990. The van der Waals surface area contributed by atoms with Gasteiger partial charge in [-0.3, -0.25) is 14.4 Å². The molecule has 3 rings (SSSR count). The highest BCUT2D eigenvalue weighted by Crippen LogP contribution is 2.26. The first kappa shape index (κ1) is 22.0. The summed E-state index contributed by atoms with van der Waals surface area (Å²) >= 11 is 0. The molecule has 1 aliphatic heterocycles. The molecule has 2 aromatic carbocycles. The van der Waals surface area contributed by atoms with Gasteiger partial charge in [-0.05, 0) is 36.6 Å². The molecule has 162 valence electrons. The lowest BCUT2D eigenvalue weighted by Gasteiger charge is -2.21. The van der Waals surface area contributed by atoms with Crippen LogP contribution in [0.25, 0.3) is 11.1 Å². The monoisotopic (exact) mass is 423 g/mol. The largest absolute Gasteiger partial charge is 0.462 e. The molecular formula is C23H25N3O5. The fourth-order valence-corrected chi connectivity index (χ4v) is 3.42. The van der Waals surface area contributed by atoms with Crippen LogP contribution in [0.2, 0.25) is 0 Å². The predicted octanol–water partition coefficient (Wildman–Crippen LogP) is 2.21. The molecule has 2 aromatic rings. The van der Waals surface area contributed by atoms with Crippen molar-refractivity contribution in [2.45, 2.75) is 25.8 Å². The van der Waals surface area contributed by atoms with Crippen molar-refractivity contribution in [3.8, 4) is 11.1 Å². The molecule has 8 nitrogen and oxygen atoms in total. The average molecular weight is 423 g/mol. The Hall–Kier alpha value is -3.68. The van der Waals surface area contributed by atoms with Crippen LogP contribution in [0.15, 0.2) is 48.5 Å². The third-order valence-electron chi connectivity index (χ3n) is 4.99. The molecule has 1 saturated heterocycles. The minimum atomic E-state index is -0.871. The number of hydrogen-bond acceptors (Lipinski definition) is 5. The van der Waals surface area contributed by atoms with Gasteiger partial charge in [0, 0.05) is 26.1 Å². The number of benzene rings is 2. The number of carbonyl (C=O) groups is 4. The van der Waals surface area contributed by atoms with Gasteiger partial charge in [0.15, 0.2) is 0 Å². The molecule has 1 aliphatic rings. The third-order valence-corrected chi connectivity index (χ3v) is 4.99. The SMILES string of the molecule is CCOC(=O)c1cc(-c2ccccc2)ccc1NC(=O)C(=O)N(C)C[C@@H]1CCC(=O)N1. The van der Waals surface area contributed by atoms with Crippen LogP contribution in [-0.4, -0.2) is 54.8 Å². The fraction of sp³-hybridized carbons (Fsp3) is 0.304. The van der Waals surface area contributed by atoms with E-state index in [1.165, 1.54) is 11.9 Å². The molecule has 0 radical (unpaired) electrons. The second-order valence-corrected chi connectivity index (χ2v) is 7.29. The van der Waals surface area contributed by atoms with E-state index in [0.717, 1.165) is 11.1 Å². The molecule has 0 aromatic heterocycles. The topological polar surface area (TPSA) is 105 Å². The molecule has 3 amide bonds. The molecule has 31 heavy (non-hydrogen) atoms. The maximum atomic E-state index is 12.5. The zero-order valence-electron chi connectivity index (χ0n) is 17.5. The Morgan fingerprint density at radius 1 is 1.13 bits per heavy atom. The first-order valence-corrected chi connectivity index (χ1v) is 10.1. The van der Waals surface area contributed by atoms with Crippen molar-refractivity contribution in [1.29, 1.82) is 0 Å². The minimum absolute atomic E-state index is 0.0621. The van der Waals surface area contributed by atoms with Crippen LogP contribution in [0.4, 0.5) is 5.69 Å². The van der Waals surface area contributed by atoms with Crippen LogP contribution >= 0.6 is 0 Å². The Morgan fingerprint density at radius 2 is 1.87 bits per heavy atom. The quantitative estimate of drug-likeness (QED) is 0.548. The summed E-state index contributed by atoms with van der Waals surface area (Å²) in [6.45, 7) is 2.10. The van der Waals surface area contributed by atoms with E-state index in [2.05, 4.69) is 10.6 Å². The van der Waals surface area contributed by atoms with Gasteiger partial charge in [0.1, 0.15) is 0 Å². The van der Waals surface area contributed by atoms with Gasteiger partial charge < -0.3 is 20.3 Å². The van der Waals surface area contributed by atoms with Crippen molar-refractivity contribution in [3.63, 3.8) is 0 Å². The van der Waals surface area contributed by atoms with Crippen molar-refractivity contribution < 1.29 is 23.9 Å². The summed E-state index contributed by atoms with van der Waals surface area (Å²) in [5, 5.41) is 5.29. The van der Waals surface area contributed by atoms with Crippen LogP contribution < -0.4 is 10.6 Å². The predicted molar refractivity (Wildman–Crippen MR) is 115 cm³/mol. The van der Waals surface area contributed by atoms with E-state index in [1.54, 1.807) is 25.1 Å². The van der Waals surface area contributed by atoms with Crippen LogP contribution in [0, 0.1) is 0 Å². The standard InChI is InChI=1S/C23H25N3O5/c1-3-31-23(30)18-13-16(15-7-5-4-6-8-15)9-11-19(18)25-21(28)22(29)26(2)14-17-10-12-20(27)24-17/h4-9,11,13,17H,3,10,12,14H2,1-2H3,(H,24,27)(H,25,28)/t17-/m0/s1. The summed E-state index contributed by atoms with van der Waals surface area (Å²) in [5.74, 6) is -2.29. The summed E-state index contributed by atoms with van der Waals surface area (Å²) < 4.78 is 5.12. The minimum Gasteiger partial charge on any atom is -0.462 e. The Balaban J connectivity index is 1.77. The van der Waals surface area contributed by atoms with Gasteiger partial charge in [-0.1, -0.05) is 36.4 Å². The highest BCUT2D eigenvalue weighted by molar-refractivity contribution is 6.39. The van der Waals surface area contributed by atoms with Gasteiger partial charge in [0.2, 0.25) is 5.91 Å². The summed E-state index contributed by atoms with van der Waals surface area (Å²) in [6.07, 6.45) is 1.03. The Kier molecular flexibility index (Phi) is 7.02. The number of likely N-dealkylation sites (N-methyl/N-ethyl adjacent to an activating group) is 1. The number of rotatable bonds is 6. The van der Waals surface area contributed by atoms with Gasteiger partial charge in [-0.15, -0.1) is 0 Å². The summed E-state index contributed by atoms with van der Waals surface area (Å²) in [6, 6.07) is 14.3. The van der Waals surface area contributed by atoms with Crippen LogP contribution in [0.3, 0.4) is 0 Å². The van der Waals surface area contributed by atoms with Gasteiger partial charge in [0.05, 0.1) is 17.9 Å². The first-order valence-electron chi connectivity index (χ1n) is 10.1. The van der Waals surface area contributed by atoms with Gasteiger partial charge >= 0.3 is 17.8 Å². The van der Waals surface area contributed by atoms with Crippen molar-refractivity contribution in [3.05, 3.63) is 54.1 Å². The molecule has 2 N–H and O–H groups in total. The summed E-state index contributed by atoms with van der Waals surface area (Å²) in [5.41, 5.74) is 2.04. The fourth-order valence-electron chi connectivity index (χ4n) is 3.42. The number of anilines is 1. The number of hydrogen-bond donors (Lipinski definition) is 2.